The monoisotopic (exact) mass is 381 g/mol. The summed E-state index contributed by atoms with van der Waals surface area (Å²) in [5.74, 6) is -0.365. The molecule has 1 amide bonds. The van der Waals surface area contributed by atoms with Crippen molar-refractivity contribution in [2.45, 2.75) is 45.7 Å². The normalized spacial score (nSPS) is 20.3. The molecular weight excluding hydrogens is 358 g/mol. The van der Waals surface area contributed by atoms with Gasteiger partial charge in [-0.05, 0) is 44.4 Å². The lowest BCUT2D eigenvalue weighted by atomic mass is 10.0. The summed E-state index contributed by atoms with van der Waals surface area (Å²) in [6.07, 6.45) is 3.32. The number of thiazole rings is 1. The van der Waals surface area contributed by atoms with Crippen molar-refractivity contribution in [3.05, 3.63) is 28.6 Å². The Hall–Kier alpha value is -1.51. The summed E-state index contributed by atoms with van der Waals surface area (Å²) < 4.78 is 28.4. The largest absolute Gasteiger partial charge is 0.317 e. The van der Waals surface area contributed by atoms with Crippen molar-refractivity contribution in [3.8, 4) is 0 Å². The first-order chi connectivity index (χ1) is 11.8. The van der Waals surface area contributed by atoms with Gasteiger partial charge in [-0.1, -0.05) is 23.8 Å². The molecule has 1 unspecified atom stereocenters. The molecule has 25 heavy (non-hydrogen) atoms. The van der Waals surface area contributed by atoms with E-state index in [0.29, 0.717) is 24.3 Å². The van der Waals surface area contributed by atoms with Crippen LogP contribution in [0, 0.1) is 6.92 Å². The SMILES string of the molecule is CCn1c(=NC(=O)C2CCCCN2S(C)(=O)=O)sc2cc(C)ccc21. The van der Waals surface area contributed by atoms with E-state index in [4.69, 9.17) is 0 Å². The number of hydrogen-bond acceptors (Lipinski definition) is 4. The molecule has 2 heterocycles. The number of carbonyl (C=O) groups is 1. The number of sulfonamides is 1. The Kier molecular flexibility index (Phi) is 5.13. The second-order valence-electron chi connectivity index (χ2n) is 6.44. The molecule has 0 N–H and O–H groups in total. The first-order valence-electron chi connectivity index (χ1n) is 8.46. The van der Waals surface area contributed by atoms with Gasteiger partial charge in [-0.3, -0.25) is 4.79 Å². The van der Waals surface area contributed by atoms with Gasteiger partial charge >= 0.3 is 0 Å². The second-order valence-corrected chi connectivity index (χ2v) is 9.38. The highest BCUT2D eigenvalue weighted by Crippen LogP contribution is 2.22. The molecule has 1 atom stereocenters. The predicted octanol–water partition coefficient (Wildman–Crippen LogP) is 2.27. The van der Waals surface area contributed by atoms with E-state index in [1.54, 1.807) is 0 Å². The van der Waals surface area contributed by atoms with E-state index in [9.17, 15) is 13.2 Å². The lowest BCUT2D eigenvalue weighted by molar-refractivity contribution is -0.122. The van der Waals surface area contributed by atoms with E-state index >= 15 is 0 Å². The Labute approximate surface area is 151 Å². The standard InChI is InChI=1S/C17H23N3O3S2/c1-4-19-13-9-8-12(2)11-15(13)24-17(19)18-16(21)14-7-5-6-10-20(14)25(3,22)23/h8-9,11,14H,4-7,10H2,1-3H3. The number of piperidine rings is 1. The van der Waals surface area contributed by atoms with Gasteiger partial charge in [0, 0.05) is 13.1 Å². The van der Waals surface area contributed by atoms with Gasteiger partial charge in [-0.15, -0.1) is 0 Å². The topological polar surface area (TPSA) is 71.7 Å². The van der Waals surface area contributed by atoms with E-state index < -0.39 is 16.1 Å². The fourth-order valence-electron chi connectivity index (χ4n) is 3.29. The predicted molar refractivity (Wildman–Crippen MR) is 100.0 cm³/mol. The van der Waals surface area contributed by atoms with Crippen LogP contribution >= 0.6 is 11.3 Å². The van der Waals surface area contributed by atoms with Gasteiger partial charge in [-0.25, -0.2) is 8.42 Å². The molecule has 2 aromatic rings. The van der Waals surface area contributed by atoms with Crippen LogP contribution in [0.5, 0.6) is 0 Å². The van der Waals surface area contributed by atoms with Crippen LogP contribution in [0.25, 0.3) is 10.2 Å². The first kappa shape index (κ1) is 18.3. The smallest absolute Gasteiger partial charge is 0.266 e. The van der Waals surface area contributed by atoms with Gasteiger partial charge in [0.25, 0.3) is 5.91 Å². The van der Waals surface area contributed by atoms with Gasteiger partial charge in [0.2, 0.25) is 10.0 Å². The molecule has 1 aromatic heterocycles. The molecular formula is C17H23N3O3S2. The van der Waals surface area contributed by atoms with Crippen molar-refractivity contribution in [2.75, 3.05) is 12.8 Å². The lowest BCUT2D eigenvalue weighted by Gasteiger charge is -2.31. The highest BCUT2D eigenvalue weighted by atomic mass is 32.2. The van der Waals surface area contributed by atoms with Gasteiger partial charge in [0.1, 0.15) is 6.04 Å². The van der Waals surface area contributed by atoms with Crippen molar-refractivity contribution in [3.63, 3.8) is 0 Å². The average Bonchev–Trinajstić information content (AvgIpc) is 2.89. The summed E-state index contributed by atoms with van der Waals surface area (Å²) in [6.45, 7) is 5.14. The highest BCUT2D eigenvalue weighted by Gasteiger charge is 2.34. The number of carbonyl (C=O) groups excluding carboxylic acids is 1. The molecule has 0 aliphatic carbocycles. The van der Waals surface area contributed by atoms with E-state index in [-0.39, 0.29) is 5.91 Å². The van der Waals surface area contributed by atoms with Crippen LogP contribution in [0.15, 0.2) is 23.2 Å². The molecule has 6 nitrogen and oxygen atoms in total. The van der Waals surface area contributed by atoms with Crippen molar-refractivity contribution >= 4 is 37.5 Å². The third-order valence-corrected chi connectivity index (χ3v) is 6.86. The molecule has 1 aliphatic heterocycles. The quantitative estimate of drug-likeness (QED) is 0.819. The number of benzene rings is 1. The Morgan fingerprint density at radius 2 is 2.12 bits per heavy atom. The number of fused-ring (bicyclic) bond motifs is 1. The zero-order valence-corrected chi connectivity index (χ0v) is 16.4. The van der Waals surface area contributed by atoms with Crippen LogP contribution in [0.4, 0.5) is 0 Å². The summed E-state index contributed by atoms with van der Waals surface area (Å²) in [5, 5.41) is 0. The summed E-state index contributed by atoms with van der Waals surface area (Å²) in [5.41, 5.74) is 2.21. The van der Waals surface area contributed by atoms with Crippen LogP contribution in [0.2, 0.25) is 0 Å². The summed E-state index contributed by atoms with van der Waals surface area (Å²) >= 11 is 1.47. The molecule has 8 heteroatoms. The maximum atomic E-state index is 12.8. The number of amides is 1. The Morgan fingerprint density at radius 1 is 1.36 bits per heavy atom. The first-order valence-corrected chi connectivity index (χ1v) is 11.1. The zero-order chi connectivity index (χ0) is 18.2. The zero-order valence-electron chi connectivity index (χ0n) is 14.7. The number of aromatic nitrogens is 1. The van der Waals surface area contributed by atoms with Gasteiger partial charge in [0.15, 0.2) is 4.80 Å². The van der Waals surface area contributed by atoms with E-state index in [0.717, 1.165) is 34.9 Å². The summed E-state index contributed by atoms with van der Waals surface area (Å²) in [4.78, 5) is 17.7. The van der Waals surface area contributed by atoms with Crippen molar-refractivity contribution in [2.24, 2.45) is 4.99 Å². The molecule has 1 aliphatic rings. The van der Waals surface area contributed by atoms with Crippen LogP contribution in [-0.2, 0) is 21.4 Å². The minimum atomic E-state index is -3.41. The van der Waals surface area contributed by atoms with E-state index in [2.05, 4.69) is 11.1 Å². The van der Waals surface area contributed by atoms with Crippen LogP contribution in [-0.4, -0.2) is 42.0 Å². The van der Waals surface area contributed by atoms with Gasteiger partial charge < -0.3 is 4.57 Å². The fourth-order valence-corrected chi connectivity index (χ4v) is 5.61. The number of nitrogens with zero attached hydrogens (tertiary/aromatic N) is 3. The molecule has 1 fully saturated rings. The molecule has 0 saturated carbocycles. The molecule has 1 saturated heterocycles. The van der Waals surface area contributed by atoms with Crippen molar-refractivity contribution < 1.29 is 13.2 Å². The Balaban J connectivity index is 2.04. The Bertz CT molecular complexity index is 973. The molecule has 0 radical (unpaired) electrons. The minimum absolute atomic E-state index is 0.365. The maximum Gasteiger partial charge on any atom is 0.266 e. The van der Waals surface area contributed by atoms with E-state index in [1.807, 2.05) is 30.5 Å². The number of rotatable bonds is 3. The molecule has 1 aromatic carbocycles. The van der Waals surface area contributed by atoms with Gasteiger partial charge in [0.05, 0.1) is 16.5 Å². The molecule has 0 spiro atoms. The average molecular weight is 382 g/mol. The second kappa shape index (κ2) is 7.01. The summed E-state index contributed by atoms with van der Waals surface area (Å²) in [6, 6.07) is 5.48. The Morgan fingerprint density at radius 3 is 2.80 bits per heavy atom. The fraction of sp³-hybridized carbons (Fsp3) is 0.529. The lowest BCUT2D eigenvalue weighted by Crippen LogP contribution is -2.47. The van der Waals surface area contributed by atoms with Crippen LogP contribution < -0.4 is 4.80 Å². The number of aryl methyl sites for hydroxylation is 2. The third-order valence-electron chi connectivity index (χ3n) is 4.53. The van der Waals surface area contributed by atoms with Gasteiger partial charge in [-0.2, -0.15) is 9.30 Å². The summed E-state index contributed by atoms with van der Waals surface area (Å²) in [7, 11) is -3.41. The van der Waals surface area contributed by atoms with Crippen LogP contribution in [0.3, 0.4) is 0 Å². The highest BCUT2D eigenvalue weighted by molar-refractivity contribution is 7.88. The molecule has 3 rings (SSSR count). The minimum Gasteiger partial charge on any atom is -0.317 e. The van der Waals surface area contributed by atoms with Crippen LogP contribution in [0.1, 0.15) is 31.7 Å². The van der Waals surface area contributed by atoms with Crippen molar-refractivity contribution in [1.82, 2.24) is 8.87 Å². The number of hydrogen-bond donors (Lipinski definition) is 0. The van der Waals surface area contributed by atoms with E-state index in [1.165, 1.54) is 15.6 Å². The maximum absolute atomic E-state index is 12.8. The molecule has 0 bridgehead atoms. The van der Waals surface area contributed by atoms with Crippen molar-refractivity contribution in [1.29, 1.82) is 0 Å². The third kappa shape index (κ3) is 3.70. The molecule has 136 valence electrons.